The third-order valence-electron chi connectivity index (χ3n) is 3.28. The number of halogens is 1. The van der Waals surface area contributed by atoms with Crippen molar-refractivity contribution in [1.82, 2.24) is 0 Å². The highest BCUT2D eigenvalue weighted by Crippen LogP contribution is 2.25. The van der Waals surface area contributed by atoms with Gasteiger partial charge in [-0.2, -0.15) is 5.26 Å². The Kier molecular flexibility index (Phi) is 6.60. The van der Waals surface area contributed by atoms with Crippen LogP contribution in [0.1, 0.15) is 13.3 Å². The van der Waals surface area contributed by atoms with Crippen molar-refractivity contribution in [2.75, 3.05) is 13.4 Å². The fourth-order valence-corrected chi connectivity index (χ4v) is 2.57. The molecule has 2 atom stereocenters. The molecule has 0 saturated heterocycles. The molecule has 0 fully saturated rings. The fourth-order valence-electron chi connectivity index (χ4n) is 1.81. The van der Waals surface area contributed by atoms with Crippen LogP contribution in [0.25, 0.3) is 0 Å². The standard InChI is InChI=1S/C15H24FNO2Si/c1-12-5-6-13(10-17)14(16)9-15(12)19-11-18-7-8-20(2,3)4/h6,9,12,15H,5,7-8,11H2,1-4H3. The molecule has 2 unspecified atom stereocenters. The summed E-state index contributed by atoms with van der Waals surface area (Å²) in [4.78, 5) is 0. The van der Waals surface area contributed by atoms with Crippen LogP contribution in [0.4, 0.5) is 4.39 Å². The lowest BCUT2D eigenvalue weighted by atomic mass is 10.0. The predicted molar refractivity (Wildman–Crippen MR) is 80.5 cm³/mol. The molecule has 0 aromatic heterocycles. The molecule has 112 valence electrons. The van der Waals surface area contributed by atoms with Gasteiger partial charge in [0.05, 0.1) is 11.7 Å². The van der Waals surface area contributed by atoms with Gasteiger partial charge in [0.2, 0.25) is 0 Å². The van der Waals surface area contributed by atoms with Gasteiger partial charge in [-0.3, -0.25) is 0 Å². The second-order valence-electron chi connectivity index (χ2n) is 6.43. The zero-order chi connectivity index (χ0) is 15.2. The summed E-state index contributed by atoms with van der Waals surface area (Å²) in [6.07, 6.45) is 3.30. The Labute approximate surface area is 122 Å². The maximum Gasteiger partial charge on any atom is 0.147 e. The van der Waals surface area contributed by atoms with E-state index in [1.54, 1.807) is 6.08 Å². The summed E-state index contributed by atoms with van der Waals surface area (Å²) < 4.78 is 24.8. The molecule has 3 nitrogen and oxygen atoms in total. The Bertz CT molecular complexity index is 421. The Balaban J connectivity index is 2.40. The van der Waals surface area contributed by atoms with Crippen LogP contribution in [0, 0.1) is 17.2 Å². The predicted octanol–water partition coefficient (Wildman–Crippen LogP) is 4.03. The van der Waals surface area contributed by atoms with Crippen molar-refractivity contribution < 1.29 is 13.9 Å². The van der Waals surface area contributed by atoms with Crippen LogP contribution in [0.2, 0.25) is 25.7 Å². The minimum Gasteiger partial charge on any atom is -0.356 e. The smallest absolute Gasteiger partial charge is 0.147 e. The zero-order valence-electron chi connectivity index (χ0n) is 12.8. The molecule has 0 N–H and O–H groups in total. The van der Waals surface area contributed by atoms with Gasteiger partial charge >= 0.3 is 0 Å². The van der Waals surface area contributed by atoms with Crippen LogP contribution >= 0.6 is 0 Å². The maximum atomic E-state index is 13.7. The molecule has 1 rings (SSSR count). The highest BCUT2D eigenvalue weighted by atomic mass is 28.3. The monoisotopic (exact) mass is 297 g/mol. The van der Waals surface area contributed by atoms with Gasteiger partial charge in [0.1, 0.15) is 18.7 Å². The van der Waals surface area contributed by atoms with E-state index in [1.807, 2.05) is 13.0 Å². The van der Waals surface area contributed by atoms with Crippen molar-refractivity contribution in [2.24, 2.45) is 5.92 Å². The fraction of sp³-hybridized carbons (Fsp3) is 0.667. The first-order valence-electron chi connectivity index (χ1n) is 7.01. The molecule has 0 saturated carbocycles. The molecular weight excluding hydrogens is 273 g/mol. The highest BCUT2D eigenvalue weighted by molar-refractivity contribution is 6.76. The molecule has 0 amide bonds. The summed E-state index contributed by atoms with van der Waals surface area (Å²) >= 11 is 0. The van der Waals surface area contributed by atoms with E-state index in [2.05, 4.69) is 19.6 Å². The molecule has 0 heterocycles. The normalized spacial score (nSPS) is 23.6. The maximum absolute atomic E-state index is 13.7. The van der Waals surface area contributed by atoms with Crippen molar-refractivity contribution in [2.45, 2.75) is 45.1 Å². The van der Waals surface area contributed by atoms with Crippen molar-refractivity contribution in [3.63, 3.8) is 0 Å². The molecular formula is C15H24FNO2Si. The molecule has 1 aliphatic rings. The van der Waals surface area contributed by atoms with Gasteiger partial charge in [0.15, 0.2) is 0 Å². The average Bonchev–Trinajstić information content (AvgIpc) is 2.48. The van der Waals surface area contributed by atoms with Crippen LogP contribution in [0.3, 0.4) is 0 Å². The minimum absolute atomic E-state index is 0.0996. The number of allylic oxidation sites excluding steroid dienone is 3. The van der Waals surface area contributed by atoms with Crippen LogP contribution in [-0.4, -0.2) is 27.6 Å². The topological polar surface area (TPSA) is 42.2 Å². The van der Waals surface area contributed by atoms with E-state index < -0.39 is 13.9 Å². The van der Waals surface area contributed by atoms with E-state index in [1.165, 1.54) is 6.08 Å². The summed E-state index contributed by atoms with van der Waals surface area (Å²) in [5.74, 6) is -0.365. The second kappa shape index (κ2) is 7.72. The number of hydrogen-bond acceptors (Lipinski definition) is 3. The van der Waals surface area contributed by atoms with Gasteiger partial charge in [-0.15, -0.1) is 0 Å². The summed E-state index contributed by atoms with van der Waals surface area (Å²) in [7, 11) is -1.09. The molecule has 0 radical (unpaired) electrons. The molecule has 0 bridgehead atoms. The van der Waals surface area contributed by atoms with Gasteiger partial charge in [-0.1, -0.05) is 32.6 Å². The summed E-state index contributed by atoms with van der Waals surface area (Å²) in [6, 6.07) is 2.95. The van der Waals surface area contributed by atoms with Crippen molar-refractivity contribution in [1.29, 1.82) is 5.26 Å². The first-order valence-corrected chi connectivity index (χ1v) is 10.7. The van der Waals surface area contributed by atoms with Crippen molar-refractivity contribution in [3.8, 4) is 6.07 Å². The lowest BCUT2D eigenvalue weighted by Crippen LogP contribution is -2.24. The third kappa shape index (κ3) is 5.99. The number of ether oxygens (including phenoxy) is 2. The Morgan fingerprint density at radius 3 is 2.75 bits per heavy atom. The highest BCUT2D eigenvalue weighted by Gasteiger charge is 2.21. The van der Waals surface area contributed by atoms with Crippen LogP contribution in [0.5, 0.6) is 0 Å². The number of rotatable bonds is 6. The summed E-state index contributed by atoms with van der Waals surface area (Å²) in [5.41, 5.74) is 0.0996. The van der Waals surface area contributed by atoms with Gasteiger partial charge in [-0.05, 0) is 24.5 Å². The number of nitriles is 1. The molecule has 0 aromatic carbocycles. The quantitative estimate of drug-likeness (QED) is 0.422. The van der Waals surface area contributed by atoms with E-state index in [0.29, 0.717) is 13.0 Å². The SMILES string of the molecule is CC1CC=C(C#N)C(F)=CC1OCOCC[Si](C)(C)C. The van der Waals surface area contributed by atoms with Crippen LogP contribution in [-0.2, 0) is 9.47 Å². The first-order chi connectivity index (χ1) is 9.33. The van der Waals surface area contributed by atoms with Gasteiger partial charge < -0.3 is 9.47 Å². The number of nitrogens with zero attached hydrogens (tertiary/aromatic N) is 1. The molecule has 0 spiro atoms. The Morgan fingerprint density at radius 1 is 1.45 bits per heavy atom. The molecule has 0 aliphatic heterocycles. The molecule has 5 heteroatoms. The zero-order valence-corrected chi connectivity index (χ0v) is 13.8. The van der Waals surface area contributed by atoms with Crippen molar-refractivity contribution in [3.05, 3.63) is 23.6 Å². The van der Waals surface area contributed by atoms with Gasteiger partial charge in [0, 0.05) is 14.7 Å². The van der Waals surface area contributed by atoms with E-state index in [0.717, 1.165) is 6.04 Å². The van der Waals surface area contributed by atoms with E-state index >= 15 is 0 Å². The van der Waals surface area contributed by atoms with Crippen LogP contribution < -0.4 is 0 Å². The second-order valence-corrected chi connectivity index (χ2v) is 12.0. The average molecular weight is 297 g/mol. The van der Waals surface area contributed by atoms with E-state index in [9.17, 15) is 4.39 Å². The summed E-state index contributed by atoms with van der Waals surface area (Å²) in [5, 5.41) is 8.82. The first kappa shape index (κ1) is 17.1. The molecule has 20 heavy (non-hydrogen) atoms. The minimum atomic E-state index is -1.09. The van der Waals surface area contributed by atoms with Gasteiger partial charge in [0.25, 0.3) is 0 Å². The van der Waals surface area contributed by atoms with Crippen LogP contribution in [0.15, 0.2) is 23.6 Å². The molecule has 1 aliphatic carbocycles. The Morgan fingerprint density at radius 2 is 2.15 bits per heavy atom. The van der Waals surface area contributed by atoms with Gasteiger partial charge in [-0.25, -0.2) is 4.39 Å². The molecule has 0 aromatic rings. The van der Waals surface area contributed by atoms with E-state index in [4.69, 9.17) is 14.7 Å². The lowest BCUT2D eigenvalue weighted by Gasteiger charge is -2.20. The van der Waals surface area contributed by atoms with Crippen molar-refractivity contribution >= 4 is 8.07 Å². The Hall–Kier alpha value is -0.963. The lowest BCUT2D eigenvalue weighted by molar-refractivity contribution is -0.0850. The van der Waals surface area contributed by atoms with E-state index in [-0.39, 0.29) is 24.4 Å². The summed E-state index contributed by atoms with van der Waals surface area (Å²) in [6.45, 7) is 9.70. The largest absolute Gasteiger partial charge is 0.356 e. The number of hydrogen-bond donors (Lipinski definition) is 0. The third-order valence-corrected chi connectivity index (χ3v) is 4.99.